The molecule has 1 nitrogen and oxygen atoms in total. The Morgan fingerprint density at radius 2 is 1.72 bits per heavy atom. The van der Waals surface area contributed by atoms with Crippen LogP contribution >= 0.6 is 0 Å². The maximum Gasteiger partial charge on any atom is 0.0649 e. The second-order valence-electron chi connectivity index (χ2n) is 4.19. The molecule has 18 heavy (non-hydrogen) atoms. The first-order valence-corrected chi connectivity index (χ1v) is 6.55. The summed E-state index contributed by atoms with van der Waals surface area (Å²) in [5, 5.41) is 0. The molecule has 0 bridgehead atoms. The van der Waals surface area contributed by atoms with E-state index in [1.807, 2.05) is 0 Å². The van der Waals surface area contributed by atoms with E-state index in [2.05, 4.69) is 73.5 Å². The van der Waals surface area contributed by atoms with Gasteiger partial charge in [-0.2, -0.15) is 0 Å². The molecule has 1 aromatic rings. The fourth-order valence-corrected chi connectivity index (χ4v) is 2.23. The minimum absolute atomic E-state index is 0.822. The van der Waals surface area contributed by atoms with Crippen molar-refractivity contribution in [2.45, 2.75) is 20.3 Å². The van der Waals surface area contributed by atoms with Crippen LogP contribution in [-0.4, -0.2) is 12.3 Å². The van der Waals surface area contributed by atoms with E-state index >= 15 is 0 Å². The lowest BCUT2D eigenvalue weighted by atomic mass is 9.92. The van der Waals surface area contributed by atoms with Gasteiger partial charge in [0.1, 0.15) is 0 Å². The van der Waals surface area contributed by atoms with Gasteiger partial charge in [-0.1, -0.05) is 55.5 Å². The molecule has 0 spiro atoms. The highest BCUT2D eigenvalue weighted by molar-refractivity contribution is 6.16. The van der Waals surface area contributed by atoms with Crippen molar-refractivity contribution in [2.24, 2.45) is 4.99 Å². The van der Waals surface area contributed by atoms with Crippen LogP contribution in [0.15, 0.2) is 65.2 Å². The van der Waals surface area contributed by atoms with Gasteiger partial charge in [-0.25, -0.2) is 0 Å². The molecule has 0 aliphatic heterocycles. The van der Waals surface area contributed by atoms with Gasteiger partial charge < -0.3 is 0 Å². The molecule has 0 amide bonds. The summed E-state index contributed by atoms with van der Waals surface area (Å²) in [6.07, 6.45) is 9.41. The second-order valence-corrected chi connectivity index (χ2v) is 4.19. The summed E-state index contributed by atoms with van der Waals surface area (Å²) < 4.78 is 0. The van der Waals surface area contributed by atoms with E-state index in [1.165, 1.54) is 16.7 Å². The Hall–Kier alpha value is -1.89. The molecule has 1 heteroatoms. The van der Waals surface area contributed by atoms with Gasteiger partial charge >= 0.3 is 0 Å². The van der Waals surface area contributed by atoms with Crippen molar-refractivity contribution in [1.82, 2.24) is 0 Å². The maximum atomic E-state index is 4.58. The van der Waals surface area contributed by atoms with Crippen LogP contribution in [0.2, 0.25) is 0 Å². The van der Waals surface area contributed by atoms with Crippen molar-refractivity contribution < 1.29 is 0 Å². The average molecular weight is 237 g/mol. The smallest absolute Gasteiger partial charge is 0.0649 e. The van der Waals surface area contributed by atoms with Gasteiger partial charge in [0.05, 0.1) is 5.71 Å². The molecule has 0 saturated carbocycles. The summed E-state index contributed by atoms with van der Waals surface area (Å²) in [4.78, 5) is 4.58. The van der Waals surface area contributed by atoms with Crippen LogP contribution in [0.25, 0.3) is 5.57 Å². The number of allylic oxidation sites excluding steroid dienone is 6. The summed E-state index contributed by atoms with van der Waals surface area (Å²) in [6.45, 7) is 5.10. The number of hydrogen-bond acceptors (Lipinski definition) is 1. The van der Waals surface area contributed by atoms with Gasteiger partial charge in [0, 0.05) is 12.1 Å². The second kappa shape index (κ2) is 6.15. The van der Waals surface area contributed by atoms with Crippen molar-refractivity contribution in [3.8, 4) is 0 Å². The molecule has 1 aliphatic rings. The normalized spacial score (nSPS) is 19.3. The number of aliphatic imine (C=N–C) groups is 1. The van der Waals surface area contributed by atoms with Crippen LogP contribution in [0.4, 0.5) is 0 Å². The van der Waals surface area contributed by atoms with E-state index in [1.54, 1.807) is 0 Å². The molecule has 1 aromatic carbocycles. The largest absolute Gasteiger partial charge is 0.285 e. The number of benzene rings is 1. The summed E-state index contributed by atoms with van der Waals surface area (Å²) >= 11 is 0. The standard InChI is InChI=1S/C17H19N/c1-3-15(14-10-6-5-7-11-14)16-12-8-9-13-17(16)18-4-2/h5-13H,3-4H2,1-2H3/b16-15-,18-17?. The topological polar surface area (TPSA) is 12.4 Å². The van der Waals surface area contributed by atoms with Crippen LogP contribution < -0.4 is 0 Å². The molecule has 1 aliphatic carbocycles. The monoisotopic (exact) mass is 237 g/mol. The SMILES string of the molecule is CCN=C1C=CC=C/C1=C(\CC)c1ccccc1. The summed E-state index contributed by atoms with van der Waals surface area (Å²) in [7, 11) is 0. The van der Waals surface area contributed by atoms with Crippen molar-refractivity contribution in [3.05, 3.63) is 65.8 Å². The lowest BCUT2D eigenvalue weighted by Crippen LogP contribution is -2.04. The molecule has 0 fully saturated rings. The fourth-order valence-electron chi connectivity index (χ4n) is 2.23. The Labute approximate surface area is 109 Å². The molecule has 0 saturated heterocycles. The summed E-state index contributed by atoms with van der Waals surface area (Å²) in [5.74, 6) is 0. The van der Waals surface area contributed by atoms with Crippen LogP contribution in [0.1, 0.15) is 25.8 Å². The Kier molecular flexibility index (Phi) is 4.30. The molecule has 92 valence electrons. The Bertz CT molecular complexity index is 516. The predicted octanol–water partition coefficient (Wildman–Crippen LogP) is 4.44. The first-order valence-electron chi connectivity index (χ1n) is 6.55. The third-order valence-corrected chi connectivity index (χ3v) is 3.03. The van der Waals surface area contributed by atoms with E-state index in [4.69, 9.17) is 0 Å². The van der Waals surface area contributed by atoms with E-state index < -0.39 is 0 Å². The van der Waals surface area contributed by atoms with Crippen molar-refractivity contribution in [1.29, 1.82) is 0 Å². The molecule has 0 unspecified atom stereocenters. The summed E-state index contributed by atoms with van der Waals surface area (Å²) in [6, 6.07) is 10.6. The van der Waals surface area contributed by atoms with E-state index in [0.717, 1.165) is 18.7 Å². The molecule has 2 rings (SSSR count). The van der Waals surface area contributed by atoms with Gasteiger partial charge in [-0.05, 0) is 30.6 Å². The van der Waals surface area contributed by atoms with Crippen molar-refractivity contribution >= 4 is 11.3 Å². The summed E-state index contributed by atoms with van der Waals surface area (Å²) in [5.41, 5.74) is 5.01. The quantitative estimate of drug-likeness (QED) is 0.737. The van der Waals surface area contributed by atoms with Crippen LogP contribution in [-0.2, 0) is 0 Å². The maximum absolute atomic E-state index is 4.58. The minimum atomic E-state index is 0.822. The first kappa shape index (κ1) is 12.6. The Morgan fingerprint density at radius 1 is 1.00 bits per heavy atom. The molecule has 0 radical (unpaired) electrons. The van der Waals surface area contributed by atoms with Crippen LogP contribution in [0.5, 0.6) is 0 Å². The minimum Gasteiger partial charge on any atom is -0.285 e. The van der Waals surface area contributed by atoms with E-state index in [9.17, 15) is 0 Å². The third-order valence-electron chi connectivity index (χ3n) is 3.03. The average Bonchev–Trinajstić information content (AvgIpc) is 2.43. The highest BCUT2D eigenvalue weighted by Crippen LogP contribution is 2.25. The fraction of sp³-hybridized carbons (Fsp3) is 0.235. The first-order chi connectivity index (χ1) is 8.86. The van der Waals surface area contributed by atoms with Gasteiger partial charge in [-0.15, -0.1) is 0 Å². The molecule has 0 N–H and O–H groups in total. The number of nitrogens with zero attached hydrogens (tertiary/aromatic N) is 1. The van der Waals surface area contributed by atoms with E-state index in [-0.39, 0.29) is 0 Å². The molecular weight excluding hydrogens is 218 g/mol. The highest BCUT2D eigenvalue weighted by Gasteiger charge is 2.10. The lowest BCUT2D eigenvalue weighted by molar-refractivity contribution is 1.13. The zero-order valence-electron chi connectivity index (χ0n) is 11.1. The van der Waals surface area contributed by atoms with Crippen LogP contribution in [0, 0.1) is 0 Å². The zero-order chi connectivity index (χ0) is 12.8. The lowest BCUT2D eigenvalue weighted by Gasteiger charge is -2.14. The Balaban J connectivity index is 2.52. The van der Waals surface area contributed by atoms with E-state index in [0.29, 0.717) is 0 Å². The highest BCUT2D eigenvalue weighted by atomic mass is 14.7. The van der Waals surface area contributed by atoms with Crippen molar-refractivity contribution in [2.75, 3.05) is 6.54 Å². The van der Waals surface area contributed by atoms with Gasteiger partial charge in [0.25, 0.3) is 0 Å². The van der Waals surface area contributed by atoms with Gasteiger partial charge in [0.2, 0.25) is 0 Å². The molecule has 0 atom stereocenters. The molecule has 0 aromatic heterocycles. The molecule has 0 heterocycles. The zero-order valence-corrected chi connectivity index (χ0v) is 11.1. The number of rotatable bonds is 3. The van der Waals surface area contributed by atoms with Crippen LogP contribution in [0.3, 0.4) is 0 Å². The third kappa shape index (κ3) is 2.67. The molecular formula is C17H19N. The van der Waals surface area contributed by atoms with Gasteiger partial charge in [-0.3, -0.25) is 4.99 Å². The Morgan fingerprint density at radius 3 is 2.39 bits per heavy atom. The number of hydrogen-bond donors (Lipinski definition) is 0. The van der Waals surface area contributed by atoms with Crippen molar-refractivity contribution in [3.63, 3.8) is 0 Å². The van der Waals surface area contributed by atoms with Gasteiger partial charge in [0.15, 0.2) is 0 Å². The predicted molar refractivity (Wildman–Crippen MR) is 79.9 cm³/mol.